The van der Waals surface area contributed by atoms with E-state index in [1.807, 2.05) is 24.3 Å². The third-order valence-electron chi connectivity index (χ3n) is 3.75. The number of ether oxygens (including phenoxy) is 2. The summed E-state index contributed by atoms with van der Waals surface area (Å²) >= 11 is 1.56. The van der Waals surface area contributed by atoms with Gasteiger partial charge in [-0.2, -0.15) is 0 Å². The van der Waals surface area contributed by atoms with Gasteiger partial charge in [0.15, 0.2) is 11.5 Å². The Morgan fingerprint density at radius 2 is 2.16 bits per heavy atom. The molecule has 0 spiro atoms. The van der Waals surface area contributed by atoms with E-state index in [9.17, 15) is 9.59 Å². The Hall–Kier alpha value is -2.54. The summed E-state index contributed by atoms with van der Waals surface area (Å²) in [4.78, 5) is 29.6. The Morgan fingerprint density at radius 3 is 2.84 bits per heavy atom. The quantitative estimate of drug-likeness (QED) is 0.605. The standard InChI is InChI=1S/C18H18N2O4S/c1-12(21)24-15-7-6-13(9-16(15)23-2)18-20(17(22)11-25-18)10-14-5-3-4-8-19-14/h3-9,18H,10-11H2,1-2H3. The van der Waals surface area contributed by atoms with Crippen molar-refractivity contribution in [1.82, 2.24) is 9.88 Å². The summed E-state index contributed by atoms with van der Waals surface area (Å²) in [6.45, 7) is 1.79. The summed E-state index contributed by atoms with van der Waals surface area (Å²) in [5.41, 5.74) is 1.76. The van der Waals surface area contributed by atoms with Crippen LogP contribution in [0.3, 0.4) is 0 Å². The van der Waals surface area contributed by atoms with Crippen LogP contribution in [0.25, 0.3) is 0 Å². The molecule has 1 unspecified atom stereocenters. The number of nitrogens with zero attached hydrogens (tertiary/aromatic N) is 2. The smallest absolute Gasteiger partial charge is 0.308 e. The molecule has 0 saturated carbocycles. The molecule has 1 fully saturated rings. The molecule has 1 aromatic carbocycles. The van der Waals surface area contributed by atoms with Crippen molar-refractivity contribution in [2.75, 3.05) is 12.9 Å². The first-order valence-corrected chi connectivity index (χ1v) is 8.80. The second-order valence-corrected chi connectivity index (χ2v) is 6.58. The van der Waals surface area contributed by atoms with Crippen LogP contribution in [0, 0.1) is 0 Å². The summed E-state index contributed by atoms with van der Waals surface area (Å²) in [5, 5.41) is -0.130. The summed E-state index contributed by atoms with van der Waals surface area (Å²) < 4.78 is 10.5. The number of rotatable bonds is 5. The first kappa shape index (κ1) is 17.3. The molecule has 3 rings (SSSR count). The van der Waals surface area contributed by atoms with Crippen LogP contribution in [0.5, 0.6) is 11.5 Å². The van der Waals surface area contributed by atoms with Gasteiger partial charge in [-0.15, -0.1) is 11.8 Å². The van der Waals surface area contributed by atoms with Crippen molar-refractivity contribution >= 4 is 23.6 Å². The fraction of sp³-hybridized carbons (Fsp3) is 0.278. The predicted octanol–water partition coefficient (Wildman–Crippen LogP) is 2.79. The number of amides is 1. The molecule has 1 amide bonds. The van der Waals surface area contributed by atoms with Crippen molar-refractivity contribution in [3.63, 3.8) is 0 Å². The lowest BCUT2D eigenvalue weighted by atomic mass is 10.1. The molecule has 1 saturated heterocycles. The lowest BCUT2D eigenvalue weighted by Gasteiger charge is -2.24. The van der Waals surface area contributed by atoms with Crippen molar-refractivity contribution in [2.24, 2.45) is 0 Å². The molecule has 1 aromatic heterocycles. The van der Waals surface area contributed by atoms with Gasteiger partial charge >= 0.3 is 5.97 Å². The van der Waals surface area contributed by atoms with E-state index in [1.54, 1.807) is 35.0 Å². The monoisotopic (exact) mass is 358 g/mol. The fourth-order valence-corrected chi connectivity index (χ4v) is 3.82. The normalized spacial score (nSPS) is 16.8. The second-order valence-electron chi connectivity index (χ2n) is 5.51. The van der Waals surface area contributed by atoms with Gasteiger partial charge in [0.1, 0.15) is 5.37 Å². The van der Waals surface area contributed by atoms with Crippen LogP contribution in [0.15, 0.2) is 42.6 Å². The van der Waals surface area contributed by atoms with Gasteiger partial charge in [0, 0.05) is 13.1 Å². The number of pyridine rings is 1. The fourth-order valence-electron chi connectivity index (χ4n) is 2.64. The van der Waals surface area contributed by atoms with Gasteiger partial charge < -0.3 is 14.4 Å². The highest BCUT2D eigenvalue weighted by Crippen LogP contribution is 2.42. The van der Waals surface area contributed by atoms with E-state index in [4.69, 9.17) is 9.47 Å². The Morgan fingerprint density at radius 1 is 1.32 bits per heavy atom. The summed E-state index contributed by atoms with van der Waals surface area (Å²) in [6, 6.07) is 11.0. The lowest BCUT2D eigenvalue weighted by Crippen LogP contribution is -2.28. The molecular formula is C18H18N2O4S. The third kappa shape index (κ3) is 3.93. The zero-order valence-electron chi connectivity index (χ0n) is 14.0. The van der Waals surface area contributed by atoms with Crippen LogP contribution in [0.4, 0.5) is 0 Å². The van der Waals surface area contributed by atoms with E-state index in [0.29, 0.717) is 23.8 Å². The highest BCUT2D eigenvalue weighted by Gasteiger charge is 2.33. The number of hydrogen-bond acceptors (Lipinski definition) is 6. The first-order chi connectivity index (χ1) is 12.1. The minimum absolute atomic E-state index is 0.0729. The molecule has 1 aliphatic heterocycles. The molecule has 0 N–H and O–H groups in total. The molecule has 0 radical (unpaired) electrons. The Labute approximate surface area is 150 Å². The predicted molar refractivity (Wildman–Crippen MR) is 94.3 cm³/mol. The lowest BCUT2D eigenvalue weighted by molar-refractivity contribution is -0.132. The van der Waals surface area contributed by atoms with E-state index in [1.165, 1.54) is 14.0 Å². The van der Waals surface area contributed by atoms with Crippen LogP contribution >= 0.6 is 11.8 Å². The first-order valence-electron chi connectivity index (χ1n) is 7.76. The maximum Gasteiger partial charge on any atom is 0.308 e. The molecule has 1 atom stereocenters. The number of hydrogen-bond donors (Lipinski definition) is 0. The molecular weight excluding hydrogens is 340 g/mol. The van der Waals surface area contributed by atoms with Gasteiger partial charge in [-0.3, -0.25) is 14.6 Å². The Bertz CT molecular complexity index is 782. The van der Waals surface area contributed by atoms with E-state index in [0.717, 1.165) is 11.3 Å². The van der Waals surface area contributed by atoms with E-state index in [-0.39, 0.29) is 11.3 Å². The molecule has 1 aliphatic rings. The number of methoxy groups -OCH3 is 1. The maximum absolute atomic E-state index is 12.3. The van der Waals surface area contributed by atoms with Crippen LogP contribution in [-0.4, -0.2) is 34.6 Å². The number of carbonyl (C=O) groups excluding carboxylic acids is 2. The zero-order valence-corrected chi connectivity index (χ0v) is 14.8. The highest BCUT2D eigenvalue weighted by atomic mass is 32.2. The van der Waals surface area contributed by atoms with Crippen molar-refractivity contribution in [1.29, 1.82) is 0 Å². The maximum atomic E-state index is 12.3. The van der Waals surface area contributed by atoms with Crippen LogP contribution in [0.2, 0.25) is 0 Å². The van der Waals surface area contributed by atoms with Crippen molar-refractivity contribution < 1.29 is 19.1 Å². The summed E-state index contributed by atoms with van der Waals surface area (Å²) in [7, 11) is 1.52. The minimum atomic E-state index is -0.409. The molecule has 2 heterocycles. The van der Waals surface area contributed by atoms with Gasteiger partial charge in [0.2, 0.25) is 5.91 Å². The summed E-state index contributed by atoms with van der Waals surface area (Å²) in [6.07, 6.45) is 1.72. The van der Waals surface area contributed by atoms with E-state index >= 15 is 0 Å². The topological polar surface area (TPSA) is 68.7 Å². The number of carbonyl (C=O) groups is 2. The zero-order chi connectivity index (χ0) is 17.8. The molecule has 0 aliphatic carbocycles. The summed E-state index contributed by atoms with van der Waals surface area (Å²) in [5.74, 6) is 0.914. The van der Waals surface area contributed by atoms with Crippen LogP contribution < -0.4 is 9.47 Å². The molecule has 25 heavy (non-hydrogen) atoms. The second kappa shape index (κ2) is 7.57. The minimum Gasteiger partial charge on any atom is -0.493 e. The molecule has 2 aromatic rings. The van der Waals surface area contributed by atoms with Crippen molar-refractivity contribution in [3.8, 4) is 11.5 Å². The van der Waals surface area contributed by atoms with Gasteiger partial charge in [0.25, 0.3) is 0 Å². The van der Waals surface area contributed by atoms with Crippen LogP contribution in [0.1, 0.15) is 23.6 Å². The third-order valence-corrected chi connectivity index (χ3v) is 5.01. The van der Waals surface area contributed by atoms with Gasteiger partial charge in [-0.05, 0) is 29.8 Å². The molecule has 7 heteroatoms. The number of esters is 1. The largest absolute Gasteiger partial charge is 0.493 e. The van der Waals surface area contributed by atoms with E-state index in [2.05, 4.69) is 4.98 Å². The number of benzene rings is 1. The van der Waals surface area contributed by atoms with Crippen LogP contribution in [-0.2, 0) is 16.1 Å². The average molecular weight is 358 g/mol. The Balaban J connectivity index is 1.86. The number of aromatic nitrogens is 1. The molecule has 130 valence electrons. The molecule has 6 nitrogen and oxygen atoms in total. The van der Waals surface area contributed by atoms with Gasteiger partial charge in [-0.1, -0.05) is 12.1 Å². The number of thioether (sulfide) groups is 1. The van der Waals surface area contributed by atoms with Gasteiger partial charge in [0.05, 0.1) is 25.1 Å². The Kier molecular flexibility index (Phi) is 5.23. The SMILES string of the molecule is COc1cc(C2SCC(=O)N2Cc2ccccn2)ccc1OC(C)=O. The van der Waals surface area contributed by atoms with E-state index < -0.39 is 5.97 Å². The average Bonchev–Trinajstić information content (AvgIpc) is 2.96. The van der Waals surface area contributed by atoms with Crippen molar-refractivity contribution in [3.05, 3.63) is 53.9 Å². The van der Waals surface area contributed by atoms with Gasteiger partial charge in [-0.25, -0.2) is 0 Å². The van der Waals surface area contributed by atoms with Crippen molar-refractivity contribution in [2.45, 2.75) is 18.8 Å². The molecule has 0 bridgehead atoms. The highest BCUT2D eigenvalue weighted by molar-refractivity contribution is 8.00.